The molecule has 1 aromatic rings. The Morgan fingerprint density at radius 2 is 1.92 bits per heavy atom. The zero-order chi connectivity index (χ0) is 8.97. The van der Waals surface area contributed by atoms with Crippen LogP contribution in [0.5, 0.6) is 0 Å². The monoisotopic (exact) mass is 168 g/mol. The minimum Gasteiger partial charge on any atom is -0.396 e. The van der Waals surface area contributed by atoms with Crippen LogP contribution in [-0.2, 0) is 6.42 Å². The van der Waals surface area contributed by atoms with E-state index in [2.05, 4.69) is 0 Å². The first-order valence-corrected chi connectivity index (χ1v) is 4.07. The molecule has 1 nitrogen and oxygen atoms in total. The van der Waals surface area contributed by atoms with Gasteiger partial charge < -0.3 is 5.11 Å². The molecule has 0 aromatic heterocycles. The fraction of sp³-hybridized carbons (Fsp3) is 0.400. The molecule has 12 heavy (non-hydrogen) atoms. The highest BCUT2D eigenvalue weighted by molar-refractivity contribution is 5.16. The van der Waals surface area contributed by atoms with Crippen molar-refractivity contribution in [1.82, 2.24) is 0 Å². The minimum atomic E-state index is -0.213. The second-order valence-corrected chi connectivity index (χ2v) is 3.12. The molecule has 0 aliphatic carbocycles. The van der Waals surface area contributed by atoms with E-state index in [4.69, 9.17) is 5.11 Å². The van der Waals surface area contributed by atoms with E-state index in [9.17, 15) is 4.39 Å². The molecule has 0 spiro atoms. The predicted molar refractivity (Wildman–Crippen MR) is 46.4 cm³/mol. The maximum absolute atomic E-state index is 12.5. The van der Waals surface area contributed by atoms with Crippen molar-refractivity contribution in [3.05, 3.63) is 35.6 Å². The van der Waals surface area contributed by atoms with Gasteiger partial charge in [0.25, 0.3) is 0 Å². The molecule has 0 amide bonds. The van der Waals surface area contributed by atoms with Gasteiger partial charge in [-0.2, -0.15) is 0 Å². The Bertz CT molecular complexity index is 230. The van der Waals surface area contributed by atoms with Crippen molar-refractivity contribution in [1.29, 1.82) is 0 Å². The van der Waals surface area contributed by atoms with Crippen molar-refractivity contribution in [2.75, 3.05) is 6.61 Å². The van der Waals surface area contributed by atoms with Crippen LogP contribution in [0.1, 0.15) is 12.5 Å². The summed E-state index contributed by atoms with van der Waals surface area (Å²) >= 11 is 0. The Kier molecular flexibility index (Phi) is 3.23. The average Bonchev–Trinajstić information content (AvgIpc) is 2.09. The first-order valence-electron chi connectivity index (χ1n) is 4.07. The summed E-state index contributed by atoms with van der Waals surface area (Å²) in [5.74, 6) is 0.0332. The van der Waals surface area contributed by atoms with E-state index in [0.717, 1.165) is 12.0 Å². The molecule has 0 aliphatic heterocycles. The molecule has 0 saturated heterocycles. The Labute approximate surface area is 71.9 Å². The van der Waals surface area contributed by atoms with Crippen LogP contribution in [0, 0.1) is 11.7 Å². The lowest BCUT2D eigenvalue weighted by Crippen LogP contribution is -2.04. The molecule has 0 unspecified atom stereocenters. The second kappa shape index (κ2) is 4.21. The molecule has 0 heterocycles. The maximum atomic E-state index is 12.5. The lowest BCUT2D eigenvalue weighted by Gasteiger charge is -2.06. The van der Waals surface area contributed by atoms with Gasteiger partial charge in [-0.05, 0) is 30.0 Å². The van der Waals surface area contributed by atoms with Gasteiger partial charge in [0.15, 0.2) is 0 Å². The molecule has 1 aromatic carbocycles. The molecule has 1 N–H and O–H groups in total. The quantitative estimate of drug-likeness (QED) is 0.731. The third-order valence-corrected chi connectivity index (χ3v) is 1.81. The number of rotatable bonds is 3. The van der Waals surface area contributed by atoms with Crippen LogP contribution in [0.2, 0.25) is 0 Å². The van der Waals surface area contributed by atoms with Crippen LogP contribution in [0.15, 0.2) is 24.3 Å². The molecule has 1 rings (SSSR count). The lowest BCUT2D eigenvalue weighted by molar-refractivity contribution is 0.237. The maximum Gasteiger partial charge on any atom is 0.123 e. The molecular formula is C10H13FO. The third-order valence-electron chi connectivity index (χ3n) is 1.81. The molecular weight excluding hydrogens is 155 g/mol. The second-order valence-electron chi connectivity index (χ2n) is 3.12. The van der Waals surface area contributed by atoms with E-state index in [0.29, 0.717) is 0 Å². The van der Waals surface area contributed by atoms with E-state index in [-0.39, 0.29) is 18.3 Å². The normalized spacial score (nSPS) is 12.9. The Morgan fingerprint density at radius 1 is 1.33 bits per heavy atom. The molecule has 0 radical (unpaired) electrons. The van der Waals surface area contributed by atoms with Gasteiger partial charge in [0.05, 0.1) is 0 Å². The van der Waals surface area contributed by atoms with E-state index in [1.165, 1.54) is 12.1 Å². The van der Waals surface area contributed by atoms with Crippen LogP contribution in [0.25, 0.3) is 0 Å². The Morgan fingerprint density at radius 3 is 2.42 bits per heavy atom. The van der Waals surface area contributed by atoms with E-state index in [1.54, 1.807) is 12.1 Å². The van der Waals surface area contributed by atoms with Crippen molar-refractivity contribution >= 4 is 0 Å². The van der Waals surface area contributed by atoms with E-state index < -0.39 is 0 Å². The van der Waals surface area contributed by atoms with Crippen molar-refractivity contribution in [2.45, 2.75) is 13.3 Å². The van der Waals surface area contributed by atoms with Gasteiger partial charge >= 0.3 is 0 Å². The zero-order valence-corrected chi connectivity index (χ0v) is 7.13. The van der Waals surface area contributed by atoms with Gasteiger partial charge in [-0.15, -0.1) is 0 Å². The van der Waals surface area contributed by atoms with Crippen LogP contribution < -0.4 is 0 Å². The highest BCUT2D eigenvalue weighted by Crippen LogP contribution is 2.08. The number of aliphatic hydroxyl groups is 1. The summed E-state index contributed by atoms with van der Waals surface area (Å²) in [6.07, 6.45) is 0.802. The third kappa shape index (κ3) is 2.62. The minimum absolute atomic E-state index is 0.178. The first kappa shape index (κ1) is 9.20. The van der Waals surface area contributed by atoms with Crippen molar-refractivity contribution in [3.63, 3.8) is 0 Å². The number of hydrogen-bond acceptors (Lipinski definition) is 1. The fourth-order valence-corrected chi connectivity index (χ4v) is 1.09. The van der Waals surface area contributed by atoms with Gasteiger partial charge in [-0.25, -0.2) is 4.39 Å². The Hall–Kier alpha value is -0.890. The van der Waals surface area contributed by atoms with Crippen LogP contribution >= 0.6 is 0 Å². The SMILES string of the molecule is C[C@@H](CO)Cc1ccc(F)cc1. The summed E-state index contributed by atoms with van der Waals surface area (Å²) < 4.78 is 12.5. The lowest BCUT2D eigenvalue weighted by atomic mass is 10.0. The van der Waals surface area contributed by atoms with Crippen molar-refractivity contribution < 1.29 is 9.50 Å². The highest BCUT2D eigenvalue weighted by Gasteiger charge is 2.01. The smallest absolute Gasteiger partial charge is 0.123 e. The number of hydrogen-bond donors (Lipinski definition) is 1. The topological polar surface area (TPSA) is 20.2 Å². The predicted octanol–water partition coefficient (Wildman–Crippen LogP) is 2.00. The summed E-state index contributed by atoms with van der Waals surface area (Å²) in [6, 6.07) is 6.39. The van der Waals surface area contributed by atoms with Gasteiger partial charge in [-0.3, -0.25) is 0 Å². The largest absolute Gasteiger partial charge is 0.396 e. The molecule has 0 fully saturated rings. The van der Waals surface area contributed by atoms with E-state index >= 15 is 0 Å². The first-order chi connectivity index (χ1) is 5.72. The summed E-state index contributed by atoms with van der Waals surface area (Å²) in [5.41, 5.74) is 1.07. The summed E-state index contributed by atoms with van der Waals surface area (Å²) in [7, 11) is 0. The molecule has 0 aliphatic rings. The van der Waals surface area contributed by atoms with Gasteiger partial charge in [0.1, 0.15) is 5.82 Å². The molecule has 1 atom stereocenters. The number of benzene rings is 1. The summed E-state index contributed by atoms with van der Waals surface area (Å²) in [5, 5.41) is 8.78. The van der Waals surface area contributed by atoms with Crippen LogP contribution in [0.4, 0.5) is 4.39 Å². The average molecular weight is 168 g/mol. The number of aliphatic hydroxyl groups excluding tert-OH is 1. The van der Waals surface area contributed by atoms with Gasteiger partial charge in [0, 0.05) is 6.61 Å². The van der Waals surface area contributed by atoms with Gasteiger partial charge in [0.2, 0.25) is 0 Å². The fourth-order valence-electron chi connectivity index (χ4n) is 1.09. The van der Waals surface area contributed by atoms with Crippen molar-refractivity contribution in [3.8, 4) is 0 Å². The summed E-state index contributed by atoms with van der Waals surface area (Å²) in [4.78, 5) is 0. The van der Waals surface area contributed by atoms with Crippen molar-refractivity contribution in [2.24, 2.45) is 5.92 Å². The van der Waals surface area contributed by atoms with Gasteiger partial charge in [-0.1, -0.05) is 19.1 Å². The molecule has 0 saturated carbocycles. The molecule has 0 bridgehead atoms. The number of halogens is 1. The highest BCUT2D eigenvalue weighted by atomic mass is 19.1. The molecule has 66 valence electrons. The van der Waals surface area contributed by atoms with Crippen LogP contribution in [0.3, 0.4) is 0 Å². The Balaban J connectivity index is 2.58. The van der Waals surface area contributed by atoms with Crippen LogP contribution in [-0.4, -0.2) is 11.7 Å². The zero-order valence-electron chi connectivity index (χ0n) is 7.13. The van der Waals surface area contributed by atoms with E-state index in [1.807, 2.05) is 6.92 Å². The standard InChI is InChI=1S/C10H13FO/c1-8(7-12)6-9-2-4-10(11)5-3-9/h2-5,8,12H,6-7H2,1H3/t8-/m1/s1. The summed E-state index contributed by atoms with van der Waals surface area (Å²) in [6.45, 7) is 2.14. The molecule has 2 heteroatoms.